The van der Waals surface area contributed by atoms with Crippen LogP contribution in [-0.2, 0) is 14.3 Å². The number of nitrogens with two attached hydrogens (primary N) is 1. The quantitative estimate of drug-likeness (QED) is 0.586. The molecule has 15 heavy (non-hydrogen) atoms. The van der Waals surface area contributed by atoms with Crippen molar-refractivity contribution in [2.24, 2.45) is 5.73 Å². The summed E-state index contributed by atoms with van der Waals surface area (Å²) < 4.78 is 5.22. The Kier molecular flexibility index (Phi) is 4.51. The second kappa shape index (κ2) is 5.67. The molecule has 1 unspecified atom stereocenters. The van der Waals surface area contributed by atoms with Crippen LogP contribution in [0.4, 0.5) is 0 Å². The first-order chi connectivity index (χ1) is 7.09. The topological polar surface area (TPSA) is 84.7 Å². The van der Waals surface area contributed by atoms with Gasteiger partial charge in [-0.25, -0.2) is 0 Å². The van der Waals surface area contributed by atoms with Crippen molar-refractivity contribution in [1.82, 2.24) is 10.2 Å². The van der Waals surface area contributed by atoms with E-state index in [4.69, 9.17) is 10.5 Å². The van der Waals surface area contributed by atoms with Gasteiger partial charge in [-0.2, -0.15) is 0 Å². The summed E-state index contributed by atoms with van der Waals surface area (Å²) in [7, 11) is 1.57. The van der Waals surface area contributed by atoms with Crippen LogP contribution in [0.15, 0.2) is 0 Å². The summed E-state index contributed by atoms with van der Waals surface area (Å²) in [6.07, 6.45) is 0.337. The van der Waals surface area contributed by atoms with Crippen molar-refractivity contribution in [2.45, 2.75) is 12.5 Å². The number of primary amides is 1. The molecule has 6 nitrogen and oxygen atoms in total. The number of nitrogens with zero attached hydrogens (tertiary/aromatic N) is 1. The Morgan fingerprint density at radius 2 is 2.33 bits per heavy atom. The molecule has 1 atom stereocenters. The Labute approximate surface area is 88.7 Å². The third-order valence-electron chi connectivity index (χ3n) is 2.24. The van der Waals surface area contributed by atoms with Gasteiger partial charge in [0.05, 0.1) is 19.8 Å². The number of carbonyl (C=O) groups excluding carboxylic acids is 2. The summed E-state index contributed by atoms with van der Waals surface area (Å²) in [6.45, 7) is 1.95. The molecule has 1 aliphatic heterocycles. The molecule has 86 valence electrons. The van der Waals surface area contributed by atoms with Crippen molar-refractivity contribution in [3.05, 3.63) is 0 Å². The molecule has 2 amide bonds. The van der Waals surface area contributed by atoms with Crippen LogP contribution in [0.2, 0.25) is 0 Å². The van der Waals surface area contributed by atoms with Gasteiger partial charge in [0, 0.05) is 26.1 Å². The van der Waals surface area contributed by atoms with Gasteiger partial charge in [0.15, 0.2) is 0 Å². The molecular formula is C9H17N3O3. The fourth-order valence-electron chi connectivity index (χ4n) is 1.44. The van der Waals surface area contributed by atoms with Crippen LogP contribution in [0.25, 0.3) is 0 Å². The van der Waals surface area contributed by atoms with E-state index in [0.717, 1.165) is 6.54 Å². The Morgan fingerprint density at radius 1 is 1.60 bits per heavy atom. The zero-order valence-electron chi connectivity index (χ0n) is 8.86. The maximum Gasteiger partial charge on any atom is 0.237 e. The molecule has 0 aliphatic carbocycles. The van der Waals surface area contributed by atoms with E-state index in [0.29, 0.717) is 19.6 Å². The normalized spacial score (nSPS) is 21.0. The lowest BCUT2D eigenvalue weighted by molar-refractivity contribution is -0.134. The van der Waals surface area contributed by atoms with Crippen molar-refractivity contribution in [1.29, 1.82) is 0 Å². The standard InChI is InChI=1S/C9H17N3O3/c1-12(5-8(10)13)9(14)4-7-6-15-3-2-11-7/h7,11H,2-6H2,1H3,(H2,10,13). The van der Waals surface area contributed by atoms with E-state index in [9.17, 15) is 9.59 Å². The molecular weight excluding hydrogens is 198 g/mol. The number of carbonyl (C=O) groups is 2. The van der Waals surface area contributed by atoms with Gasteiger partial charge in [-0.05, 0) is 0 Å². The van der Waals surface area contributed by atoms with E-state index < -0.39 is 5.91 Å². The Balaban J connectivity index is 2.30. The Bertz CT molecular complexity index is 239. The first-order valence-corrected chi connectivity index (χ1v) is 4.93. The second-order valence-corrected chi connectivity index (χ2v) is 3.65. The second-order valence-electron chi connectivity index (χ2n) is 3.65. The van der Waals surface area contributed by atoms with Crippen LogP contribution in [0.5, 0.6) is 0 Å². The van der Waals surface area contributed by atoms with Crippen LogP contribution < -0.4 is 11.1 Å². The molecule has 6 heteroatoms. The Hall–Kier alpha value is -1.14. The van der Waals surface area contributed by atoms with Crippen LogP contribution >= 0.6 is 0 Å². The Morgan fingerprint density at radius 3 is 2.87 bits per heavy atom. The average Bonchev–Trinajstić information content (AvgIpc) is 2.18. The van der Waals surface area contributed by atoms with Crippen molar-refractivity contribution >= 4 is 11.8 Å². The first-order valence-electron chi connectivity index (χ1n) is 4.93. The smallest absolute Gasteiger partial charge is 0.237 e. The first kappa shape index (κ1) is 11.9. The molecule has 0 saturated carbocycles. The molecule has 0 bridgehead atoms. The summed E-state index contributed by atoms with van der Waals surface area (Å²) in [5, 5.41) is 3.17. The molecule has 1 aliphatic rings. The van der Waals surface area contributed by atoms with Gasteiger partial charge in [0.1, 0.15) is 0 Å². The molecule has 1 fully saturated rings. The maximum absolute atomic E-state index is 11.6. The fraction of sp³-hybridized carbons (Fsp3) is 0.778. The number of nitrogens with one attached hydrogen (secondary N) is 1. The van der Waals surface area contributed by atoms with Gasteiger partial charge in [-0.1, -0.05) is 0 Å². The molecule has 0 spiro atoms. The minimum atomic E-state index is -0.501. The summed E-state index contributed by atoms with van der Waals surface area (Å²) >= 11 is 0. The summed E-state index contributed by atoms with van der Waals surface area (Å²) in [5.74, 6) is -0.601. The minimum Gasteiger partial charge on any atom is -0.378 e. The number of likely N-dealkylation sites (N-methyl/N-ethyl adjacent to an activating group) is 1. The zero-order valence-corrected chi connectivity index (χ0v) is 8.86. The van der Waals surface area contributed by atoms with E-state index in [2.05, 4.69) is 5.32 Å². The lowest BCUT2D eigenvalue weighted by atomic mass is 10.2. The lowest BCUT2D eigenvalue weighted by Crippen LogP contribution is -2.45. The summed E-state index contributed by atoms with van der Waals surface area (Å²) in [4.78, 5) is 23.5. The van der Waals surface area contributed by atoms with Crippen molar-refractivity contribution in [2.75, 3.05) is 33.4 Å². The SMILES string of the molecule is CN(CC(N)=O)C(=O)CC1COCCN1. The van der Waals surface area contributed by atoms with Gasteiger partial charge < -0.3 is 20.7 Å². The molecule has 0 aromatic rings. The number of rotatable bonds is 4. The highest BCUT2D eigenvalue weighted by Gasteiger charge is 2.19. The lowest BCUT2D eigenvalue weighted by Gasteiger charge is -2.25. The van der Waals surface area contributed by atoms with Gasteiger partial charge in [-0.3, -0.25) is 9.59 Å². The molecule has 1 heterocycles. The van der Waals surface area contributed by atoms with Gasteiger partial charge >= 0.3 is 0 Å². The van der Waals surface area contributed by atoms with Gasteiger partial charge in [-0.15, -0.1) is 0 Å². The number of amides is 2. The molecule has 0 radical (unpaired) electrons. The highest BCUT2D eigenvalue weighted by molar-refractivity contribution is 5.83. The number of hydrogen-bond acceptors (Lipinski definition) is 4. The van der Waals surface area contributed by atoms with Crippen molar-refractivity contribution in [3.63, 3.8) is 0 Å². The summed E-state index contributed by atoms with van der Waals surface area (Å²) in [6, 6.07) is 0.0431. The predicted molar refractivity (Wildman–Crippen MR) is 54.1 cm³/mol. The monoisotopic (exact) mass is 215 g/mol. The third-order valence-corrected chi connectivity index (χ3v) is 2.24. The average molecular weight is 215 g/mol. The van der Waals surface area contributed by atoms with Crippen LogP contribution in [-0.4, -0.2) is 56.1 Å². The number of hydrogen-bond donors (Lipinski definition) is 2. The molecule has 3 N–H and O–H groups in total. The van der Waals surface area contributed by atoms with Crippen molar-refractivity contribution in [3.8, 4) is 0 Å². The zero-order chi connectivity index (χ0) is 11.3. The van der Waals surface area contributed by atoms with E-state index >= 15 is 0 Å². The van der Waals surface area contributed by atoms with E-state index in [1.165, 1.54) is 4.90 Å². The maximum atomic E-state index is 11.6. The minimum absolute atomic E-state index is 0.0353. The van der Waals surface area contributed by atoms with Crippen LogP contribution in [0.3, 0.4) is 0 Å². The highest BCUT2D eigenvalue weighted by Crippen LogP contribution is 2.01. The van der Waals surface area contributed by atoms with E-state index in [-0.39, 0.29) is 18.5 Å². The number of morpholine rings is 1. The third kappa shape index (κ3) is 4.26. The van der Waals surface area contributed by atoms with E-state index in [1.807, 2.05) is 0 Å². The van der Waals surface area contributed by atoms with E-state index in [1.54, 1.807) is 7.05 Å². The highest BCUT2D eigenvalue weighted by atomic mass is 16.5. The van der Waals surface area contributed by atoms with Crippen LogP contribution in [0.1, 0.15) is 6.42 Å². The largest absolute Gasteiger partial charge is 0.378 e. The summed E-state index contributed by atoms with van der Waals surface area (Å²) in [5.41, 5.74) is 4.99. The molecule has 1 rings (SSSR count). The molecule has 0 aromatic heterocycles. The number of ether oxygens (including phenoxy) is 1. The molecule has 0 aromatic carbocycles. The van der Waals surface area contributed by atoms with Crippen LogP contribution in [0, 0.1) is 0 Å². The fourth-order valence-corrected chi connectivity index (χ4v) is 1.44. The van der Waals surface area contributed by atoms with Crippen molar-refractivity contribution < 1.29 is 14.3 Å². The van der Waals surface area contributed by atoms with Gasteiger partial charge in [0.2, 0.25) is 11.8 Å². The van der Waals surface area contributed by atoms with Gasteiger partial charge in [0.25, 0.3) is 0 Å². The predicted octanol–water partition coefficient (Wildman–Crippen LogP) is -1.69. The molecule has 1 saturated heterocycles.